The summed E-state index contributed by atoms with van der Waals surface area (Å²) in [6.45, 7) is 8.22. The minimum Gasteiger partial charge on any atom is -0.468 e. The minimum atomic E-state index is -4.39. The molecule has 1 aliphatic heterocycles. The summed E-state index contributed by atoms with van der Waals surface area (Å²) in [7, 11) is 0. The number of alkyl halides is 3. The van der Waals surface area contributed by atoms with Crippen molar-refractivity contribution in [1.82, 2.24) is 20.5 Å². The third-order valence-corrected chi connectivity index (χ3v) is 4.55. The largest absolute Gasteiger partial charge is 0.468 e. The monoisotopic (exact) mass is 529 g/mol. The lowest BCUT2D eigenvalue weighted by atomic mass is 10.0. The van der Waals surface area contributed by atoms with E-state index in [-0.39, 0.29) is 29.9 Å². The second kappa shape index (κ2) is 12.4. The fourth-order valence-corrected chi connectivity index (χ4v) is 3.03. The molecule has 0 unspecified atom stereocenters. The predicted molar refractivity (Wildman–Crippen MR) is 119 cm³/mol. The Morgan fingerprint density at radius 1 is 1.34 bits per heavy atom. The molecule has 1 saturated heterocycles. The highest BCUT2D eigenvalue weighted by Gasteiger charge is 2.28. The summed E-state index contributed by atoms with van der Waals surface area (Å²) in [5.74, 6) is 0.657. The van der Waals surface area contributed by atoms with Crippen molar-refractivity contribution in [2.75, 3.05) is 26.2 Å². The molecule has 6 nitrogen and oxygen atoms in total. The molecule has 1 aliphatic rings. The Morgan fingerprint density at radius 3 is 2.62 bits per heavy atom. The summed E-state index contributed by atoms with van der Waals surface area (Å²) >= 11 is 0. The molecule has 0 saturated carbocycles. The van der Waals surface area contributed by atoms with Gasteiger partial charge in [-0.25, -0.2) is 9.98 Å². The Morgan fingerprint density at radius 2 is 2.03 bits per heavy atom. The zero-order valence-corrected chi connectivity index (χ0v) is 19.5. The first kappa shape index (κ1) is 25.7. The van der Waals surface area contributed by atoms with Gasteiger partial charge in [-0.05, 0) is 45.2 Å². The van der Waals surface area contributed by atoms with Crippen molar-refractivity contribution < 1.29 is 17.9 Å². The molecule has 0 aromatic carbocycles. The van der Waals surface area contributed by atoms with Gasteiger partial charge in [0.1, 0.15) is 0 Å². The number of hydrogen-bond donors (Lipinski definition) is 2. The quantitative estimate of drug-likeness (QED) is 0.322. The van der Waals surface area contributed by atoms with Crippen LogP contribution in [0.5, 0.6) is 5.88 Å². The van der Waals surface area contributed by atoms with Crippen LogP contribution >= 0.6 is 24.0 Å². The molecule has 0 atom stereocenters. The first-order chi connectivity index (χ1) is 13.3. The smallest absolute Gasteiger partial charge is 0.422 e. The SMILES string of the molecule is CCNC(=NCc1ccnc(OCC(F)(F)F)c1)NC1CCN(C(C)C)CC1.I. The molecule has 0 aliphatic carbocycles. The number of rotatable bonds is 7. The molecule has 2 rings (SSSR count). The van der Waals surface area contributed by atoms with Gasteiger partial charge in [0.05, 0.1) is 6.54 Å². The Labute approximate surface area is 187 Å². The third kappa shape index (κ3) is 9.83. The van der Waals surface area contributed by atoms with Gasteiger partial charge in [0.15, 0.2) is 12.6 Å². The van der Waals surface area contributed by atoms with Crippen LogP contribution in [0.25, 0.3) is 0 Å². The number of halogens is 4. The van der Waals surface area contributed by atoms with Gasteiger partial charge in [-0.15, -0.1) is 24.0 Å². The van der Waals surface area contributed by atoms with Gasteiger partial charge in [0.2, 0.25) is 5.88 Å². The second-order valence-corrected chi connectivity index (χ2v) is 7.15. The van der Waals surface area contributed by atoms with Crippen LogP contribution in [0.4, 0.5) is 13.2 Å². The van der Waals surface area contributed by atoms with Crippen LogP contribution in [0.15, 0.2) is 23.3 Å². The van der Waals surface area contributed by atoms with E-state index >= 15 is 0 Å². The van der Waals surface area contributed by atoms with Crippen LogP contribution < -0.4 is 15.4 Å². The highest BCUT2D eigenvalue weighted by Crippen LogP contribution is 2.18. The lowest BCUT2D eigenvalue weighted by molar-refractivity contribution is -0.154. The Kier molecular flexibility index (Phi) is 11.0. The third-order valence-electron chi connectivity index (χ3n) is 4.55. The van der Waals surface area contributed by atoms with Gasteiger partial charge in [0, 0.05) is 44.0 Å². The maximum atomic E-state index is 12.3. The Bertz CT molecular complexity index is 635. The summed E-state index contributed by atoms with van der Waals surface area (Å²) in [6, 6.07) is 4.12. The van der Waals surface area contributed by atoms with Gasteiger partial charge in [-0.3, -0.25) is 0 Å². The second-order valence-electron chi connectivity index (χ2n) is 7.15. The van der Waals surface area contributed by atoms with E-state index in [9.17, 15) is 13.2 Å². The molecular formula is C19H31F3IN5O. The van der Waals surface area contributed by atoms with Crippen molar-refractivity contribution in [3.8, 4) is 5.88 Å². The summed E-state index contributed by atoms with van der Waals surface area (Å²) in [5.41, 5.74) is 0.735. The van der Waals surface area contributed by atoms with Crippen molar-refractivity contribution >= 4 is 29.9 Å². The maximum Gasteiger partial charge on any atom is 0.422 e. The molecule has 0 spiro atoms. The van der Waals surface area contributed by atoms with Crippen LogP contribution in [0, 0.1) is 0 Å². The van der Waals surface area contributed by atoms with Crippen molar-refractivity contribution in [1.29, 1.82) is 0 Å². The molecule has 10 heteroatoms. The predicted octanol–water partition coefficient (Wildman–Crippen LogP) is 3.57. The molecule has 166 valence electrons. The zero-order chi connectivity index (χ0) is 20.6. The lowest BCUT2D eigenvalue weighted by Crippen LogP contribution is -2.49. The lowest BCUT2D eigenvalue weighted by Gasteiger charge is -2.35. The molecule has 0 amide bonds. The summed E-state index contributed by atoms with van der Waals surface area (Å²) in [6.07, 6.45) is -0.859. The normalized spacial score (nSPS) is 16.4. The van der Waals surface area contributed by atoms with Crippen molar-refractivity contribution in [3.05, 3.63) is 23.9 Å². The molecule has 1 aromatic rings. The van der Waals surface area contributed by atoms with E-state index in [1.165, 1.54) is 12.3 Å². The van der Waals surface area contributed by atoms with Crippen molar-refractivity contribution in [3.63, 3.8) is 0 Å². The number of likely N-dealkylation sites (tertiary alicyclic amines) is 1. The molecular weight excluding hydrogens is 498 g/mol. The average molecular weight is 529 g/mol. The van der Waals surface area contributed by atoms with Gasteiger partial charge in [0.25, 0.3) is 0 Å². The number of guanidine groups is 1. The summed E-state index contributed by atoms with van der Waals surface area (Å²) < 4.78 is 41.5. The topological polar surface area (TPSA) is 61.8 Å². The van der Waals surface area contributed by atoms with E-state index < -0.39 is 12.8 Å². The number of piperidine rings is 1. The summed E-state index contributed by atoms with van der Waals surface area (Å²) in [5, 5.41) is 6.69. The number of aromatic nitrogens is 1. The first-order valence-electron chi connectivity index (χ1n) is 9.70. The highest BCUT2D eigenvalue weighted by atomic mass is 127. The van der Waals surface area contributed by atoms with E-state index in [2.05, 4.69) is 39.4 Å². The molecule has 1 fully saturated rings. The van der Waals surface area contributed by atoms with Crippen LogP contribution in [0.3, 0.4) is 0 Å². The number of nitrogens with one attached hydrogen (secondary N) is 2. The van der Waals surface area contributed by atoms with Crippen LogP contribution in [0.2, 0.25) is 0 Å². The summed E-state index contributed by atoms with van der Waals surface area (Å²) in [4.78, 5) is 10.8. The minimum absolute atomic E-state index is 0. The Hall–Kier alpha value is -1.30. The average Bonchev–Trinajstić information content (AvgIpc) is 2.65. The molecule has 29 heavy (non-hydrogen) atoms. The van der Waals surface area contributed by atoms with E-state index in [0.29, 0.717) is 24.6 Å². The Balaban J connectivity index is 0.00000420. The fraction of sp³-hybridized carbons (Fsp3) is 0.684. The number of pyridine rings is 1. The highest BCUT2D eigenvalue weighted by molar-refractivity contribution is 14.0. The van der Waals surface area contributed by atoms with Gasteiger partial charge >= 0.3 is 6.18 Å². The molecule has 0 bridgehead atoms. The van der Waals surface area contributed by atoms with Gasteiger partial charge < -0.3 is 20.3 Å². The van der Waals surface area contributed by atoms with Crippen LogP contribution in [-0.2, 0) is 6.54 Å². The standard InChI is InChI=1S/C19H30F3N5O.HI/c1-4-23-18(26-16-6-9-27(10-7-16)14(2)3)25-12-15-5-8-24-17(11-15)28-13-19(20,21)22;/h5,8,11,14,16H,4,6-7,9-10,12-13H2,1-3H3,(H2,23,25,26);1H. The van der Waals surface area contributed by atoms with E-state index in [1.54, 1.807) is 6.07 Å². The fourth-order valence-electron chi connectivity index (χ4n) is 3.03. The zero-order valence-electron chi connectivity index (χ0n) is 17.1. The number of hydrogen-bond acceptors (Lipinski definition) is 4. The first-order valence-corrected chi connectivity index (χ1v) is 9.70. The van der Waals surface area contributed by atoms with Crippen molar-refractivity contribution in [2.45, 2.75) is 58.4 Å². The number of nitrogens with zero attached hydrogens (tertiary/aromatic N) is 3. The number of ether oxygens (including phenoxy) is 1. The van der Waals surface area contributed by atoms with E-state index in [4.69, 9.17) is 4.74 Å². The van der Waals surface area contributed by atoms with Crippen LogP contribution in [0.1, 0.15) is 39.2 Å². The molecule has 2 N–H and O–H groups in total. The molecule has 0 radical (unpaired) electrons. The van der Waals surface area contributed by atoms with E-state index in [0.717, 1.165) is 38.0 Å². The van der Waals surface area contributed by atoms with Gasteiger partial charge in [-0.2, -0.15) is 13.2 Å². The van der Waals surface area contributed by atoms with Crippen LogP contribution in [-0.4, -0.2) is 60.3 Å². The van der Waals surface area contributed by atoms with Crippen molar-refractivity contribution in [2.24, 2.45) is 4.99 Å². The van der Waals surface area contributed by atoms with E-state index in [1.807, 2.05) is 6.92 Å². The van der Waals surface area contributed by atoms with Gasteiger partial charge in [-0.1, -0.05) is 0 Å². The molecule has 1 aromatic heterocycles. The molecule has 2 heterocycles. The maximum absolute atomic E-state index is 12.3. The number of aliphatic imine (C=N–C) groups is 1.